The molecule has 0 atom stereocenters. The van der Waals surface area contributed by atoms with Crippen LogP contribution in [0, 0.1) is 6.92 Å². The number of hydrogen-bond donors (Lipinski definition) is 3. The third-order valence-electron chi connectivity index (χ3n) is 5.35. The summed E-state index contributed by atoms with van der Waals surface area (Å²) in [6, 6.07) is 14.8. The van der Waals surface area contributed by atoms with E-state index in [2.05, 4.69) is 20.6 Å². The predicted molar refractivity (Wildman–Crippen MR) is 130 cm³/mol. The molecule has 0 saturated carbocycles. The fourth-order valence-electron chi connectivity index (χ4n) is 3.84. The van der Waals surface area contributed by atoms with Crippen molar-refractivity contribution in [3.8, 4) is 22.3 Å². The van der Waals surface area contributed by atoms with Crippen molar-refractivity contribution in [3.05, 3.63) is 78.1 Å². The van der Waals surface area contributed by atoms with Crippen LogP contribution in [-0.4, -0.2) is 21.2 Å². The number of aryl methyl sites for hydroxylation is 1. The number of nitrogen functional groups attached to an aromatic ring is 1. The molecule has 32 heavy (non-hydrogen) atoms. The molecule has 0 aliphatic heterocycles. The highest BCUT2D eigenvalue weighted by atomic mass is 32.1. The van der Waals surface area contributed by atoms with E-state index in [-0.39, 0.29) is 0 Å². The number of benzene rings is 2. The van der Waals surface area contributed by atoms with E-state index in [0.717, 1.165) is 43.6 Å². The number of amides is 2. The van der Waals surface area contributed by atoms with Crippen molar-refractivity contribution in [2.75, 3.05) is 10.6 Å². The molecule has 0 radical (unpaired) electrons. The Morgan fingerprint density at radius 2 is 1.84 bits per heavy atom. The number of nitrogens with two attached hydrogens (primary N) is 2. The molecule has 158 valence electrons. The Labute approximate surface area is 188 Å². The Hall–Kier alpha value is -4.17. The van der Waals surface area contributed by atoms with Crippen LogP contribution in [0.4, 0.5) is 22.0 Å². The predicted octanol–water partition coefficient (Wildman–Crippen LogP) is 5.46. The average molecular weight is 441 g/mol. The lowest BCUT2D eigenvalue weighted by Gasteiger charge is -2.21. The molecular weight excluding hydrogens is 420 g/mol. The van der Waals surface area contributed by atoms with Crippen LogP contribution in [0.5, 0.6) is 0 Å². The van der Waals surface area contributed by atoms with Gasteiger partial charge in [0.25, 0.3) is 0 Å². The van der Waals surface area contributed by atoms with E-state index in [0.29, 0.717) is 11.5 Å². The fourth-order valence-corrected chi connectivity index (χ4v) is 4.96. The number of H-pyrrole nitrogens is 1. The number of primary amides is 1. The van der Waals surface area contributed by atoms with Crippen molar-refractivity contribution < 1.29 is 4.79 Å². The summed E-state index contributed by atoms with van der Waals surface area (Å²) in [4.78, 5) is 18.1. The van der Waals surface area contributed by atoms with Crippen molar-refractivity contribution in [1.82, 2.24) is 15.2 Å². The first-order valence-corrected chi connectivity index (χ1v) is 10.8. The van der Waals surface area contributed by atoms with Gasteiger partial charge in [0.05, 0.1) is 17.6 Å². The van der Waals surface area contributed by atoms with Crippen LogP contribution in [0.2, 0.25) is 0 Å². The van der Waals surface area contributed by atoms with Gasteiger partial charge in [-0.1, -0.05) is 24.3 Å². The number of pyridine rings is 1. The summed E-state index contributed by atoms with van der Waals surface area (Å²) in [6.07, 6.45) is 5.38. The minimum absolute atomic E-state index is 0.478. The Morgan fingerprint density at radius 1 is 1.03 bits per heavy atom. The summed E-state index contributed by atoms with van der Waals surface area (Å²) in [6.45, 7) is 1.98. The zero-order valence-electron chi connectivity index (χ0n) is 17.2. The molecule has 0 aliphatic rings. The lowest BCUT2D eigenvalue weighted by Crippen LogP contribution is -2.31. The molecule has 3 aromatic heterocycles. The lowest BCUT2D eigenvalue weighted by molar-refractivity contribution is 0.256. The first kappa shape index (κ1) is 19.8. The summed E-state index contributed by atoms with van der Waals surface area (Å²) < 4.78 is 1.05. The third-order valence-corrected chi connectivity index (χ3v) is 6.36. The molecule has 2 aromatic carbocycles. The van der Waals surface area contributed by atoms with Crippen LogP contribution < -0.4 is 16.4 Å². The van der Waals surface area contributed by atoms with Crippen molar-refractivity contribution in [2.45, 2.75) is 6.92 Å². The SMILES string of the molecule is Cc1cccc(N(C(N)=O)c2ccc(-c3csc4c(-c5cn[nH]c5)cnc(N)c34)cc2)c1. The van der Waals surface area contributed by atoms with Gasteiger partial charge in [-0.05, 0) is 47.7 Å². The maximum absolute atomic E-state index is 12.2. The number of rotatable bonds is 4. The van der Waals surface area contributed by atoms with Gasteiger partial charge in [-0.2, -0.15) is 5.10 Å². The maximum Gasteiger partial charge on any atom is 0.323 e. The molecule has 0 aliphatic carbocycles. The highest BCUT2D eigenvalue weighted by Crippen LogP contribution is 2.42. The minimum Gasteiger partial charge on any atom is -0.383 e. The van der Waals surface area contributed by atoms with Gasteiger partial charge < -0.3 is 11.5 Å². The van der Waals surface area contributed by atoms with Gasteiger partial charge in [0.2, 0.25) is 0 Å². The summed E-state index contributed by atoms with van der Waals surface area (Å²) in [7, 11) is 0. The topological polar surface area (TPSA) is 114 Å². The molecular formula is C24H20N6OS. The number of carbonyl (C=O) groups excluding carboxylic acids is 1. The van der Waals surface area contributed by atoms with Gasteiger partial charge in [0.1, 0.15) is 5.82 Å². The van der Waals surface area contributed by atoms with E-state index in [1.54, 1.807) is 23.7 Å². The molecule has 3 heterocycles. The average Bonchev–Trinajstić information content (AvgIpc) is 3.46. The number of nitrogens with one attached hydrogen (secondary N) is 1. The second-order valence-corrected chi connectivity index (χ2v) is 8.34. The van der Waals surface area contributed by atoms with Crippen LogP contribution in [0.15, 0.2) is 72.5 Å². The standard InChI is InChI=1S/C24H20N6OS/c1-14-3-2-4-18(9-14)30(24(26)31)17-7-5-15(6-8-17)20-13-32-22-19(16-10-28-29-11-16)12-27-23(25)21(20)22/h2-13H,1H3,(H2,25,27)(H2,26,31)(H,28,29). The molecule has 7 nitrogen and oxygen atoms in total. The van der Waals surface area contributed by atoms with E-state index >= 15 is 0 Å². The molecule has 8 heteroatoms. The van der Waals surface area contributed by atoms with E-state index in [9.17, 15) is 4.79 Å². The van der Waals surface area contributed by atoms with Crippen LogP contribution in [0.1, 0.15) is 5.56 Å². The van der Waals surface area contributed by atoms with Crippen LogP contribution in [0.3, 0.4) is 0 Å². The number of thiophene rings is 1. The first-order chi connectivity index (χ1) is 15.5. The van der Waals surface area contributed by atoms with E-state index in [1.807, 2.05) is 61.7 Å². The van der Waals surface area contributed by atoms with Gasteiger partial charge in [0.15, 0.2) is 0 Å². The second kappa shape index (κ2) is 7.82. The molecule has 5 N–H and O–H groups in total. The highest BCUT2D eigenvalue weighted by molar-refractivity contribution is 7.18. The van der Waals surface area contributed by atoms with Gasteiger partial charge in [-0.25, -0.2) is 9.78 Å². The van der Waals surface area contributed by atoms with E-state index in [4.69, 9.17) is 11.5 Å². The normalized spacial score (nSPS) is 11.0. The second-order valence-electron chi connectivity index (χ2n) is 7.46. The van der Waals surface area contributed by atoms with Crippen LogP contribution >= 0.6 is 11.3 Å². The number of carbonyl (C=O) groups is 1. The third kappa shape index (κ3) is 3.36. The maximum atomic E-state index is 12.2. The number of nitrogens with zero attached hydrogens (tertiary/aromatic N) is 3. The highest BCUT2D eigenvalue weighted by Gasteiger charge is 2.18. The number of hydrogen-bond acceptors (Lipinski definition) is 5. The van der Waals surface area contributed by atoms with Gasteiger partial charge in [0, 0.05) is 39.2 Å². The summed E-state index contributed by atoms with van der Waals surface area (Å²) in [5, 5.41) is 9.87. The number of aromatic nitrogens is 3. The Kier molecular flexibility index (Phi) is 4.84. The molecule has 0 unspecified atom stereocenters. The number of anilines is 3. The first-order valence-electron chi connectivity index (χ1n) is 9.94. The van der Waals surface area contributed by atoms with Gasteiger partial charge in [-0.3, -0.25) is 10.00 Å². The minimum atomic E-state index is -0.539. The van der Waals surface area contributed by atoms with Crippen molar-refractivity contribution in [2.24, 2.45) is 5.73 Å². The summed E-state index contributed by atoms with van der Waals surface area (Å²) in [5.74, 6) is 0.478. The molecule has 0 saturated heterocycles. The van der Waals surface area contributed by atoms with Crippen molar-refractivity contribution in [1.29, 1.82) is 0 Å². The van der Waals surface area contributed by atoms with Crippen molar-refractivity contribution >= 4 is 44.6 Å². The zero-order chi connectivity index (χ0) is 22.2. The monoisotopic (exact) mass is 440 g/mol. The van der Waals surface area contributed by atoms with E-state index < -0.39 is 6.03 Å². The summed E-state index contributed by atoms with van der Waals surface area (Å²) in [5.41, 5.74) is 18.3. The largest absolute Gasteiger partial charge is 0.383 e. The summed E-state index contributed by atoms with van der Waals surface area (Å²) >= 11 is 1.62. The molecule has 5 aromatic rings. The van der Waals surface area contributed by atoms with E-state index in [1.165, 1.54) is 4.90 Å². The Balaban J connectivity index is 1.57. The molecule has 2 amide bonds. The molecule has 0 bridgehead atoms. The lowest BCUT2D eigenvalue weighted by atomic mass is 10.0. The molecule has 0 spiro atoms. The van der Waals surface area contributed by atoms with Crippen LogP contribution in [0.25, 0.3) is 32.3 Å². The Morgan fingerprint density at radius 3 is 2.53 bits per heavy atom. The Bertz CT molecular complexity index is 1420. The number of fused-ring (bicyclic) bond motifs is 1. The van der Waals surface area contributed by atoms with Gasteiger partial charge >= 0.3 is 6.03 Å². The van der Waals surface area contributed by atoms with Crippen molar-refractivity contribution in [3.63, 3.8) is 0 Å². The van der Waals surface area contributed by atoms with Crippen LogP contribution in [-0.2, 0) is 0 Å². The molecule has 0 fully saturated rings. The van der Waals surface area contributed by atoms with Gasteiger partial charge in [-0.15, -0.1) is 11.3 Å². The quantitative estimate of drug-likeness (QED) is 0.344. The number of aromatic amines is 1. The number of urea groups is 1. The fraction of sp³-hybridized carbons (Fsp3) is 0.0417. The zero-order valence-corrected chi connectivity index (χ0v) is 18.1. The smallest absolute Gasteiger partial charge is 0.323 e. The molecule has 5 rings (SSSR count).